The lowest BCUT2D eigenvalue weighted by molar-refractivity contribution is -0.122. The molecule has 0 saturated carbocycles. The molecular weight excluding hydrogens is 416 g/mol. The summed E-state index contributed by atoms with van der Waals surface area (Å²) in [6, 6.07) is 14.2. The van der Waals surface area contributed by atoms with Crippen LogP contribution in [-0.2, 0) is 16.1 Å². The fourth-order valence-corrected chi connectivity index (χ4v) is 4.61. The highest BCUT2D eigenvalue weighted by atomic mass is 16.5. The van der Waals surface area contributed by atoms with Gasteiger partial charge in [-0.1, -0.05) is 37.6 Å². The minimum atomic E-state index is 0.0396. The van der Waals surface area contributed by atoms with Crippen molar-refractivity contribution >= 4 is 5.91 Å². The molecule has 178 valence electrons. The number of morpholine rings is 1. The SMILES string of the molecule is CCCC[C@H]1CN(CC(=O)NC[C@@H](c2ccccn2)N2CCOCC2)Cc2ccccc2O1. The van der Waals surface area contributed by atoms with Crippen molar-refractivity contribution < 1.29 is 14.3 Å². The molecule has 0 unspecified atom stereocenters. The van der Waals surface area contributed by atoms with Crippen molar-refractivity contribution in [2.45, 2.75) is 44.9 Å². The van der Waals surface area contributed by atoms with Crippen LogP contribution in [0.25, 0.3) is 0 Å². The van der Waals surface area contributed by atoms with E-state index in [0.717, 1.165) is 62.4 Å². The monoisotopic (exact) mass is 452 g/mol. The van der Waals surface area contributed by atoms with E-state index in [1.165, 1.54) is 0 Å². The van der Waals surface area contributed by atoms with Gasteiger partial charge in [-0.15, -0.1) is 0 Å². The van der Waals surface area contributed by atoms with Crippen LogP contribution in [-0.4, -0.2) is 72.7 Å². The molecule has 1 aromatic heterocycles. The largest absolute Gasteiger partial charge is 0.489 e. The van der Waals surface area contributed by atoms with Crippen LogP contribution >= 0.6 is 0 Å². The number of hydrogen-bond donors (Lipinski definition) is 1. The zero-order chi connectivity index (χ0) is 22.9. The van der Waals surface area contributed by atoms with Gasteiger partial charge in [-0.2, -0.15) is 0 Å². The highest BCUT2D eigenvalue weighted by molar-refractivity contribution is 5.78. The summed E-state index contributed by atoms with van der Waals surface area (Å²) in [6.45, 7) is 7.69. The first-order chi connectivity index (χ1) is 16.2. The number of fused-ring (bicyclic) bond motifs is 1. The van der Waals surface area contributed by atoms with Gasteiger partial charge >= 0.3 is 0 Å². The Kier molecular flexibility index (Phi) is 8.69. The minimum Gasteiger partial charge on any atom is -0.489 e. The Morgan fingerprint density at radius 3 is 2.79 bits per heavy atom. The second-order valence-corrected chi connectivity index (χ2v) is 8.88. The number of hydrogen-bond acceptors (Lipinski definition) is 6. The second kappa shape index (κ2) is 12.1. The van der Waals surface area contributed by atoms with Crippen molar-refractivity contribution in [3.63, 3.8) is 0 Å². The lowest BCUT2D eigenvalue weighted by Gasteiger charge is -2.34. The average molecular weight is 453 g/mol. The van der Waals surface area contributed by atoms with Crippen LogP contribution in [0.15, 0.2) is 48.7 Å². The van der Waals surface area contributed by atoms with Crippen molar-refractivity contribution in [2.24, 2.45) is 0 Å². The van der Waals surface area contributed by atoms with Gasteiger partial charge in [0.2, 0.25) is 5.91 Å². The molecule has 0 radical (unpaired) electrons. The lowest BCUT2D eigenvalue weighted by Crippen LogP contribution is -2.46. The van der Waals surface area contributed by atoms with Crippen molar-refractivity contribution in [2.75, 3.05) is 45.9 Å². The minimum absolute atomic E-state index is 0.0396. The fourth-order valence-electron chi connectivity index (χ4n) is 4.61. The Morgan fingerprint density at radius 1 is 1.18 bits per heavy atom. The Balaban J connectivity index is 1.39. The molecule has 2 aromatic rings. The summed E-state index contributed by atoms with van der Waals surface area (Å²) < 4.78 is 11.8. The van der Waals surface area contributed by atoms with Gasteiger partial charge in [-0.3, -0.25) is 19.6 Å². The van der Waals surface area contributed by atoms with E-state index in [2.05, 4.69) is 33.1 Å². The molecule has 7 heteroatoms. The Morgan fingerprint density at radius 2 is 2.00 bits per heavy atom. The smallest absolute Gasteiger partial charge is 0.234 e. The van der Waals surface area contributed by atoms with E-state index in [0.29, 0.717) is 26.3 Å². The second-order valence-electron chi connectivity index (χ2n) is 8.88. The molecule has 33 heavy (non-hydrogen) atoms. The first kappa shape index (κ1) is 23.7. The highest BCUT2D eigenvalue weighted by Gasteiger charge is 2.26. The number of aromatic nitrogens is 1. The quantitative estimate of drug-likeness (QED) is 0.631. The van der Waals surface area contributed by atoms with Gasteiger partial charge in [-0.05, 0) is 31.0 Å². The topological polar surface area (TPSA) is 66.9 Å². The number of amides is 1. The van der Waals surface area contributed by atoms with E-state index in [1.807, 2.05) is 42.6 Å². The van der Waals surface area contributed by atoms with Gasteiger partial charge in [-0.25, -0.2) is 0 Å². The maximum Gasteiger partial charge on any atom is 0.234 e. The third-order valence-corrected chi connectivity index (χ3v) is 6.38. The fraction of sp³-hybridized carbons (Fsp3) is 0.538. The van der Waals surface area contributed by atoms with E-state index in [9.17, 15) is 4.79 Å². The maximum atomic E-state index is 13.0. The van der Waals surface area contributed by atoms with E-state index < -0.39 is 0 Å². The third-order valence-electron chi connectivity index (χ3n) is 6.38. The number of pyridine rings is 1. The number of carbonyl (C=O) groups is 1. The molecule has 3 heterocycles. The summed E-state index contributed by atoms with van der Waals surface area (Å²) in [4.78, 5) is 22.1. The molecule has 2 aliphatic heterocycles. The van der Waals surface area contributed by atoms with Crippen LogP contribution in [0, 0.1) is 0 Å². The van der Waals surface area contributed by atoms with Crippen LogP contribution in [0.3, 0.4) is 0 Å². The molecule has 1 aromatic carbocycles. The summed E-state index contributed by atoms with van der Waals surface area (Å²) in [5.74, 6) is 0.988. The third kappa shape index (κ3) is 6.76. The highest BCUT2D eigenvalue weighted by Crippen LogP contribution is 2.26. The molecule has 2 aliphatic rings. The van der Waals surface area contributed by atoms with Gasteiger partial charge in [0.15, 0.2) is 0 Å². The molecule has 0 spiro atoms. The lowest BCUT2D eigenvalue weighted by atomic mass is 10.1. The number of ether oxygens (including phenoxy) is 2. The Bertz CT molecular complexity index is 873. The standard InChI is InChI=1S/C26H36N4O3/c1-2-3-9-22-19-29(18-21-8-4-5-11-25(21)33-22)20-26(31)28-17-24(23-10-6-7-12-27-23)30-13-15-32-16-14-30/h4-8,10-12,22,24H,2-3,9,13-20H2,1H3,(H,28,31)/t22-,24-/m0/s1. The molecule has 1 N–H and O–H groups in total. The molecule has 0 bridgehead atoms. The number of para-hydroxylation sites is 1. The van der Waals surface area contributed by atoms with Crippen LogP contribution in [0.2, 0.25) is 0 Å². The molecule has 1 amide bonds. The first-order valence-corrected chi connectivity index (χ1v) is 12.2. The number of nitrogens with one attached hydrogen (secondary N) is 1. The zero-order valence-corrected chi connectivity index (χ0v) is 19.6. The zero-order valence-electron chi connectivity index (χ0n) is 19.6. The predicted molar refractivity (Wildman–Crippen MR) is 128 cm³/mol. The maximum absolute atomic E-state index is 13.0. The van der Waals surface area contributed by atoms with Gasteiger partial charge in [0.25, 0.3) is 0 Å². The molecule has 1 fully saturated rings. The summed E-state index contributed by atoms with van der Waals surface area (Å²) in [5, 5.41) is 3.18. The molecular formula is C26H36N4O3. The summed E-state index contributed by atoms with van der Waals surface area (Å²) in [5.41, 5.74) is 2.13. The molecule has 7 nitrogen and oxygen atoms in total. The van der Waals surface area contributed by atoms with Gasteiger partial charge < -0.3 is 14.8 Å². The Hall–Kier alpha value is -2.48. The number of carbonyl (C=O) groups excluding carboxylic acids is 1. The number of nitrogens with zero attached hydrogens (tertiary/aromatic N) is 3. The van der Waals surface area contributed by atoms with E-state index in [1.54, 1.807) is 0 Å². The van der Waals surface area contributed by atoms with Crippen molar-refractivity contribution in [3.05, 3.63) is 59.9 Å². The number of benzene rings is 1. The number of unbranched alkanes of at least 4 members (excludes halogenated alkanes) is 1. The van der Waals surface area contributed by atoms with Crippen LogP contribution in [0.1, 0.15) is 43.5 Å². The average Bonchev–Trinajstić information content (AvgIpc) is 3.02. The first-order valence-electron chi connectivity index (χ1n) is 12.2. The molecule has 2 atom stereocenters. The van der Waals surface area contributed by atoms with Crippen LogP contribution in [0.4, 0.5) is 0 Å². The van der Waals surface area contributed by atoms with Crippen molar-refractivity contribution in [3.8, 4) is 5.75 Å². The molecule has 1 saturated heterocycles. The van der Waals surface area contributed by atoms with E-state index >= 15 is 0 Å². The van der Waals surface area contributed by atoms with Crippen LogP contribution in [0.5, 0.6) is 5.75 Å². The summed E-state index contributed by atoms with van der Waals surface area (Å²) in [6.07, 6.45) is 5.18. The predicted octanol–water partition coefficient (Wildman–Crippen LogP) is 3.02. The van der Waals surface area contributed by atoms with Crippen molar-refractivity contribution in [1.29, 1.82) is 0 Å². The normalized spacial score (nSPS) is 20.3. The molecule has 4 rings (SSSR count). The van der Waals surface area contributed by atoms with Crippen LogP contribution < -0.4 is 10.1 Å². The van der Waals surface area contributed by atoms with E-state index in [-0.39, 0.29) is 18.1 Å². The summed E-state index contributed by atoms with van der Waals surface area (Å²) in [7, 11) is 0. The Labute approximate surface area is 197 Å². The molecule has 0 aliphatic carbocycles. The number of rotatable bonds is 9. The van der Waals surface area contributed by atoms with E-state index in [4.69, 9.17) is 9.47 Å². The van der Waals surface area contributed by atoms with Gasteiger partial charge in [0.05, 0.1) is 31.5 Å². The summed E-state index contributed by atoms with van der Waals surface area (Å²) >= 11 is 0. The van der Waals surface area contributed by atoms with Gasteiger partial charge in [0.1, 0.15) is 11.9 Å². The van der Waals surface area contributed by atoms with Gasteiger partial charge in [0, 0.05) is 44.5 Å². The van der Waals surface area contributed by atoms with Crippen molar-refractivity contribution in [1.82, 2.24) is 20.1 Å².